The van der Waals surface area contributed by atoms with Crippen LogP contribution in [0.2, 0.25) is 0 Å². The second kappa shape index (κ2) is 5.93. The van der Waals surface area contributed by atoms with Crippen LogP contribution < -0.4 is 11.2 Å². The fraction of sp³-hybridized carbons (Fsp3) is 0.667. The van der Waals surface area contributed by atoms with Crippen LogP contribution >= 0.6 is 11.3 Å². The highest BCUT2D eigenvalue weighted by Gasteiger charge is 2.26. The smallest absolute Gasteiger partial charge is 0.285 e. The molecule has 4 nitrogen and oxygen atoms in total. The largest absolute Gasteiger partial charge is 0.332 e. The first-order chi connectivity index (χ1) is 11.2. The normalized spacial score (nSPS) is 19.2. The van der Waals surface area contributed by atoms with E-state index < -0.39 is 0 Å². The number of hydrogen-bond acceptors (Lipinski definition) is 3. The highest BCUT2D eigenvalue weighted by atomic mass is 32.1. The zero-order valence-corrected chi connectivity index (χ0v) is 14.6. The van der Waals surface area contributed by atoms with E-state index in [1.54, 1.807) is 15.9 Å². The van der Waals surface area contributed by atoms with Gasteiger partial charge < -0.3 is 0 Å². The zero-order chi connectivity index (χ0) is 16.0. The van der Waals surface area contributed by atoms with E-state index in [0.29, 0.717) is 6.54 Å². The molecule has 1 fully saturated rings. The second-order valence-corrected chi connectivity index (χ2v) is 7.97. The Labute approximate surface area is 139 Å². The van der Waals surface area contributed by atoms with E-state index >= 15 is 0 Å². The van der Waals surface area contributed by atoms with Crippen LogP contribution in [0.4, 0.5) is 0 Å². The zero-order valence-electron chi connectivity index (χ0n) is 13.8. The number of rotatable bonds is 2. The molecule has 0 amide bonds. The summed E-state index contributed by atoms with van der Waals surface area (Å²) >= 11 is 1.68. The van der Waals surface area contributed by atoms with Gasteiger partial charge in [0.1, 0.15) is 4.83 Å². The molecule has 124 valence electrons. The third kappa shape index (κ3) is 2.32. The van der Waals surface area contributed by atoms with Gasteiger partial charge in [0.05, 0.1) is 5.39 Å². The van der Waals surface area contributed by atoms with Crippen molar-refractivity contribution in [1.29, 1.82) is 0 Å². The Kier molecular flexibility index (Phi) is 3.92. The molecule has 5 heteroatoms. The Morgan fingerprint density at radius 3 is 2.52 bits per heavy atom. The quantitative estimate of drug-likeness (QED) is 0.843. The summed E-state index contributed by atoms with van der Waals surface area (Å²) in [6, 6.07) is 0.102. The lowest BCUT2D eigenvalue weighted by atomic mass is 9.94. The highest BCUT2D eigenvalue weighted by Crippen LogP contribution is 2.35. The van der Waals surface area contributed by atoms with Crippen LogP contribution in [0.15, 0.2) is 9.59 Å². The van der Waals surface area contributed by atoms with Gasteiger partial charge in [0.15, 0.2) is 0 Å². The summed E-state index contributed by atoms with van der Waals surface area (Å²) in [6.45, 7) is 2.65. The van der Waals surface area contributed by atoms with Gasteiger partial charge in [-0.05, 0) is 51.0 Å². The summed E-state index contributed by atoms with van der Waals surface area (Å²) < 4.78 is 3.45. The van der Waals surface area contributed by atoms with Gasteiger partial charge >= 0.3 is 5.69 Å². The van der Waals surface area contributed by atoms with E-state index in [1.807, 2.05) is 11.5 Å². The summed E-state index contributed by atoms with van der Waals surface area (Å²) in [6.07, 6.45) is 9.84. The summed E-state index contributed by atoms with van der Waals surface area (Å²) in [7, 11) is 0. The molecule has 0 N–H and O–H groups in total. The van der Waals surface area contributed by atoms with Crippen LogP contribution in [0, 0.1) is 0 Å². The van der Waals surface area contributed by atoms with Crippen molar-refractivity contribution in [2.24, 2.45) is 0 Å². The van der Waals surface area contributed by atoms with Crippen molar-refractivity contribution in [3.05, 3.63) is 31.3 Å². The first-order valence-corrected chi connectivity index (χ1v) is 9.83. The Morgan fingerprint density at radius 1 is 1.04 bits per heavy atom. The molecule has 0 bridgehead atoms. The van der Waals surface area contributed by atoms with Gasteiger partial charge in [-0.3, -0.25) is 13.9 Å². The lowest BCUT2D eigenvalue weighted by Gasteiger charge is -2.24. The number of aryl methyl sites for hydroxylation is 3. The SMILES string of the molecule is CCn1c(=O)n(C2CCCCC2)c(=O)c2c3c(sc21)CCCC3. The molecule has 0 radical (unpaired) electrons. The van der Waals surface area contributed by atoms with E-state index in [4.69, 9.17) is 0 Å². The van der Waals surface area contributed by atoms with Crippen molar-refractivity contribution < 1.29 is 0 Å². The minimum atomic E-state index is -0.0875. The average Bonchev–Trinajstić information content (AvgIpc) is 2.95. The molecule has 0 saturated heterocycles. The van der Waals surface area contributed by atoms with Gasteiger partial charge in [-0.15, -0.1) is 11.3 Å². The molecule has 0 aromatic carbocycles. The van der Waals surface area contributed by atoms with Crippen LogP contribution in [0.25, 0.3) is 10.2 Å². The molecule has 0 unspecified atom stereocenters. The van der Waals surface area contributed by atoms with Gasteiger partial charge in [-0.2, -0.15) is 0 Å². The summed E-state index contributed by atoms with van der Waals surface area (Å²) in [5.41, 5.74) is 1.14. The average molecular weight is 332 g/mol. The summed E-state index contributed by atoms with van der Waals surface area (Å²) in [4.78, 5) is 28.4. The lowest BCUT2D eigenvalue weighted by Crippen LogP contribution is -2.42. The van der Waals surface area contributed by atoms with Crippen molar-refractivity contribution in [1.82, 2.24) is 9.13 Å². The first-order valence-electron chi connectivity index (χ1n) is 9.02. The molecule has 2 aromatic rings. The van der Waals surface area contributed by atoms with Crippen molar-refractivity contribution >= 4 is 21.6 Å². The maximum absolute atomic E-state index is 13.2. The third-order valence-corrected chi connectivity index (χ3v) is 6.84. The van der Waals surface area contributed by atoms with Gasteiger partial charge in [-0.25, -0.2) is 4.79 Å². The monoisotopic (exact) mass is 332 g/mol. The standard InChI is InChI=1S/C18H24N2O2S/c1-2-19-17-15(13-10-6-7-11-14(13)23-17)16(21)20(18(19)22)12-8-4-3-5-9-12/h12H,2-11H2,1H3. The molecule has 2 aliphatic carbocycles. The maximum atomic E-state index is 13.2. The number of thiophene rings is 1. The van der Waals surface area contributed by atoms with Crippen molar-refractivity contribution in [2.45, 2.75) is 77.3 Å². The predicted molar refractivity (Wildman–Crippen MR) is 94.8 cm³/mol. The molecule has 2 heterocycles. The van der Waals surface area contributed by atoms with Crippen molar-refractivity contribution in [3.8, 4) is 0 Å². The van der Waals surface area contributed by atoms with Crippen LogP contribution in [0.5, 0.6) is 0 Å². The predicted octanol–water partition coefficient (Wildman–Crippen LogP) is 3.63. The second-order valence-electron chi connectivity index (χ2n) is 6.88. The van der Waals surface area contributed by atoms with Gasteiger partial charge in [0.2, 0.25) is 0 Å². The molecule has 0 atom stereocenters. The number of nitrogens with zero attached hydrogens (tertiary/aromatic N) is 2. The van der Waals surface area contributed by atoms with Crippen LogP contribution in [0.1, 0.15) is 68.4 Å². The third-order valence-electron chi connectivity index (χ3n) is 5.52. The molecule has 1 saturated carbocycles. The van der Waals surface area contributed by atoms with E-state index in [2.05, 4.69) is 0 Å². The first kappa shape index (κ1) is 15.2. The van der Waals surface area contributed by atoms with Crippen molar-refractivity contribution in [2.75, 3.05) is 0 Å². The molecule has 0 aliphatic heterocycles. The Morgan fingerprint density at radius 2 is 1.78 bits per heavy atom. The lowest BCUT2D eigenvalue weighted by molar-refractivity contribution is 0.332. The van der Waals surface area contributed by atoms with Gasteiger partial charge in [0, 0.05) is 17.5 Å². The van der Waals surface area contributed by atoms with Gasteiger partial charge in [-0.1, -0.05) is 19.3 Å². The number of fused-ring (bicyclic) bond motifs is 3. The Balaban J connectivity index is 2.03. The van der Waals surface area contributed by atoms with Crippen LogP contribution in [-0.4, -0.2) is 9.13 Å². The van der Waals surface area contributed by atoms with Gasteiger partial charge in [0.25, 0.3) is 5.56 Å². The van der Waals surface area contributed by atoms with E-state index in [9.17, 15) is 9.59 Å². The molecular weight excluding hydrogens is 308 g/mol. The molecule has 0 spiro atoms. The number of aromatic nitrogens is 2. The highest BCUT2D eigenvalue weighted by molar-refractivity contribution is 7.18. The van der Waals surface area contributed by atoms with E-state index in [1.165, 1.54) is 23.3 Å². The fourth-order valence-corrected chi connectivity index (χ4v) is 5.76. The molecule has 23 heavy (non-hydrogen) atoms. The van der Waals surface area contributed by atoms with E-state index in [-0.39, 0.29) is 17.3 Å². The molecule has 2 aromatic heterocycles. The number of hydrogen-bond donors (Lipinski definition) is 0. The molecule has 2 aliphatic rings. The minimum absolute atomic E-state index is 0.0130. The van der Waals surface area contributed by atoms with Crippen LogP contribution in [-0.2, 0) is 19.4 Å². The van der Waals surface area contributed by atoms with Crippen LogP contribution in [0.3, 0.4) is 0 Å². The summed E-state index contributed by atoms with van der Waals surface area (Å²) in [5, 5.41) is 0.858. The van der Waals surface area contributed by atoms with Crippen molar-refractivity contribution in [3.63, 3.8) is 0 Å². The maximum Gasteiger partial charge on any atom is 0.332 e. The fourth-order valence-electron chi connectivity index (χ4n) is 4.33. The Hall–Kier alpha value is -1.36. The Bertz CT molecular complexity index is 852. The minimum Gasteiger partial charge on any atom is -0.285 e. The summed E-state index contributed by atoms with van der Waals surface area (Å²) in [5.74, 6) is 0. The van der Waals surface area contributed by atoms with E-state index in [0.717, 1.165) is 55.2 Å². The topological polar surface area (TPSA) is 44.0 Å². The molecular formula is C18H24N2O2S. The molecule has 4 rings (SSSR count).